The van der Waals surface area contributed by atoms with Gasteiger partial charge in [-0.05, 0) is 0 Å². The summed E-state index contributed by atoms with van der Waals surface area (Å²) in [5.41, 5.74) is 2.48. The van der Waals surface area contributed by atoms with Gasteiger partial charge in [0.05, 0.1) is 0 Å². The van der Waals surface area contributed by atoms with Crippen LogP contribution in [0.2, 0.25) is 0 Å². The first-order valence-corrected chi connectivity index (χ1v) is 10.0. The van der Waals surface area contributed by atoms with Gasteiger partial charge in [0.1, 0.15) is 0 Å². The van der Waals surface area contributed by atoms with Crippen molar-refractivity contribution in [2.24, 2.45) is 16.4 Å². The first-order valence-electron chi connectivity index (χ1n) is 7.58. The molecule has 1 saturated heterocycles. The normalized spacial score (nSPS) is 28.9. The maximum atomic E-state index is 6.08. The number of nitrogens with zero attached hydrogens (tertiary/aromatic N) is 2. The average Bonchev–Trinajstić information content (AvgIpc) is 2.77. The van der Waals surface area contributed by atoms with Crippen LogP contribution in [0.3, 0.4) is 0 Å². The molecule has 0 aromatic heterocycles. The summed E-state index contributed by atoms with van der Waals surface area (Å²) in [7, 11) is 0. The van der Waals surface area contributed by atoms with Crippen LogP contribution in [0.25, 0.3) is 0 Å². The number of para-hydroxylation sites is 1. The van der Waals surface area contributed by atoms with E-state index in [0.717, 1.165) is 17.8 Å². The van der Waals surface area contributed by atoms with Crippen molar-refractivity contribution in [2.75, 3.05) is 5.01 Å². The van der Waals surface area contributed by atoms with Gasteiger partial charge in [-0.3, -0.25) is 0 Å². The summed E-state index contributed by atoms with van der Waals surface area (Å²) in [6.07, 6.45) is 1.34. The topological polar surface area (TPSA) is 34.1 Å². The molecule has 0 radical (unpaired) electrons. The number of hydrogen-bond donors (Lipinski definition) is 0. The van der Waals surface area contributed by atoms with Crippen LogP contribution in [0.15, 0.2) is 35.4 Å². The zero-order valence-corrected chi connectivity index (χ0v) is 16.2. The molecule has 0 amide bonds. The number of hydrazone groups is 1. The molecule has 1 fully saturated rings. The Hall–Kier alpha value is -0.754. The fraction of sp³-hybridized carbons (Fsp3) is 0.562. The molecular weight excluding hydrogens is 322 g/mol. The monoisotopic (exact) mass is 344 g/mol. The van der Waals surface area contributed by atoms with E-state index >= 15 is 0 Å². The van der Waals surface area contributed by atoms with E-state index in [-0.39, 0.29) is 23.7 Å². The fourth-order valence-corrected chi connectivity index (χ4v) is 5.39. The standard InChI is InChI=1S/C16H22N2O2.Ga.H/c1-11-14(13(19)10-16(2,3)4)15(20)18(17-11)12-8-6-5-7-9-12;;/h5-9,13-15H,10H2,1-4H3;;/q-2;+2;. The molecule has 3 rings (SSSR count). The van der Waals surface area contributed by atoms with Crippen molar-refractivity contribution in [2.45, 2.75) is 46.4 Å². The predicted octanol–water partition coefficient (Wildman–Crippen LogP) is 2.94. The zero-order valence-electron chi connectivity index (χ0n) is 13.2. The molecule has 3 atom stereocenters. The molecule has 0 spiro atoms. The van der Waals surface area contributed by atoms with Gasteiger partial charge in [-0.1, -0.05) is 0 Å². The van der Waals surface area contributed by atoms with Crippen molar-refractivity contribution >= 4 is 29.5 Å². The van der Waals surface area contributed by atoms with Crippen molar-refractivity contribution in [3.05, 3.63) is 30.3 Å². The molecule has 2 aliphatic rings. The van der Waals surface area contributed by atoms with E-state index in [1.807, 2.05) is 23.2 Å². The van der Waals surface area contributed by atoms with Gasteiger partial charge < -0.3 is 0 Å². The molecule has 0 saturated carbocycles. The van der Waals surface area contributed by atoms with Gasteiger partial charge in [-0.15, -0.1) is 0 Å². The Morgan fingerprint density at radius 1 is 1.19 bits per heavy atom. The molecule has 0 aliphatic carbocycles. The average molecular weight is 345 g/mol. The minimum atomic E-state index is -1.38. The number of anilines is 1. The summed E-state index contributed by atoms with van der Waals surface area (Å²) in [6.45, 7) is 8.90. The summed E-state index contributed by atoms with van der Waals surface area (Å²) in [6, 6.07) is 10.3. The Morgan fingerprint density at radius 3 is 2.57 bits per heavy atom. The second-order valence-electron chi connectivity index (χ2n) is 7.09. The number of benzene rings is 1. The molecule has 21 heavy (non-hydrogen) atoms. The van der Waals surface area contributed by atoms with Crippen LogP contribution >= 0.6 is 0 Å². The molecule has 2 aliphatic heterocycles. The first-order chi connectivity index (χ1) is 9.96. The van der Waals surface area contributed by atoms with Gasteiger partial charge in [0.15, 0.2) is 0 Å². The third-order valence-corrected chi connectivity index (χ3v) is 6.24. The second-order valence-corrected chi connectivity index (χ2v) is 8.99. The summed E-state index contributed by atoms with van der Waals surface area (Å²) in [5, 5.41) is 6.80. The molecule has 3 unspecified atom stereocenters. The zero-order chi connectivity index (χ0) is 15.0. The van der Waals surface area contributed by atoms with Crippen molar-refractivity contribution < 1.29 is 7.06 Å². The van der Waals surface area contributed by atoms with Gasteiger partial charge >= 0.3 is 135 Å². The maximum absolute atomic E-state index is 6.08. The molecule has 1 aromatic carbocycles. The number of rotatable bonds is 2. The summed E-state index contributed by atoms with van der Waals surface area (Å²) in [4.78, 5) is 0. The van der Waals surface area contributed by atoms with Crippen LogP contribution in [0.4, 0.5) is 5.69 Å². The quantitative estimate of drug-likeness (QED) is 0.773. The molecule has 1 aromatic rings. The van der Waals surface area contributed by atoms with Crippen molar-refractivity contribution in [1.82, 2.24) is 0 Å². The van der Waals surface area contributed by atoms with Crippen molar-refractivity contribution in [3.8, 4) is 0 Å². The van der Waals surface area contributed by atoms with Crippen LogP contribution in [0, 0.1) is 11.3 Å². The van der Waals surface area contributed by atoms with E-state index in [1.54, 1.807) is 0 Å². The van der Waals surface area contributed by atoms with Crippen LogP contribution in [0.5, 0.6) is 0 Å². The van der Waals surface area contributed by atoms with Gasteiger partial charge in [0.25, 0.3) is 0 Å². The van der Waals surface area contributed by atoms with Crippen LogP contribution in [0.1, 0.15) is 34.1 Å². The number of hydrogen-bond acceptors (Lipinski definition) is 4. The molecule has 0 N–H and O–H groups in total. The predicted molar refractivity (Wildman–Crippen MR) is 86.5 cm³/mol. The van der Waals surface area contributed by atoms with Gasteiger partial charge in [-0.25, -0.2) is 0 Å². The molecule has 0 bridgehead atoms. The summed E-state index contributed by atoms with van der Waals surface area (Å²) in [5.74, 6) is 0.254. The third kappa shape index (κ3) is 3.21. The Balaban J connectivity index is 1.85. The Labute approximate surface area is 135 Å². The Morgan fingerprint density at radius 2 is 1.90 bits per heavy atom. The van der Waals surface area contributed by atoms with E-state index in [4.69, 9.17) is 12.2 Å². The third-order valence-electron chi connectivity index (χ3n) is 4.05. The van der Waals surface area contributed by atoms with E-state index in [9.17, 15) is 0 Å². The van der Waals surface area contributed by atoms with Gasteiger partial charge in [0.2, 0.25) is 0 Å². The Bertz CT molecular complexity index is 527. The van der Waals surface area contributed by atoms with E-state index in [1.165, 1.54) is 0 Å². The summed E-state index contributed by atoms with van der Waals surface area (Å²) < 4.78 is 12.1. The second kappa shape index (κ2) is 5.80. The molecule has 112 valence electrons. The van der Waals surface area contributed by atoms with E-state index in [2.05, 4.69) is 39.8 Å². The van der Waals surface area contributed by atoms with Crippen molar-refractivity contribution in [3.63, 3.8) is 0 Å². The van der Waals surface area contributed by atoms with Gasteiger partial charge in [0, 0.05) is 0 Å². The molecule has 4 nitrogen and oxygen atoms in total. The van der Waals surface area contributed by atoms with Crippen molar-refractivity contribution in [1.29, 1.82) is 0 Å². The molecule has 2 heterocycles. The van der Waals surface area contributed by atoms with E-state index < -0.39 is 18.1 Å². The van der Waals surface area contributed by atoms with Crippen LogP contribution in [-0.2, 0) is 7.06 Å². The van der Waals surface area contributed by atoms with E-state index in [0.29, 0.717) is 0 Å². The SMILES string of the molecule is CC1=NN(c2ccccc2)C2[O][GaH][O]C(CC(C)(C)C)C12. The first kappa shape index (κ1) is 15.2. The van der Waals surface area contributed by atoms with Crippen LogP contribution in [-0.4, -0.2) is 36.2 Å². The number of fused-ring (bicyclic) bond motifs is 1. The van der Waals surface area contributed by atoms with Crippen LogP contribution < -0.4 is 5.01 Å². The Kier molecular flexibility index (Phi) is 4.18. The summed E-state index contributed by atoms with van der Waals surface area (Å²) >= 11 is -1.38. The fourth-order valence-electron chi connectivity index (χ4n) is 3.15. The minimum absolute atomic E-state index is 0.0356. The molecular formula is C16H23GaN2O2. The van der Waals surface area contributed by atoms with Gasteiger partial charge in [-0.2, -0.15) is 0 Å². The molecule has 5 heteroatoms.